The van der Waals surface area contributed by atoms with Gasteiger partial charge in [0.2, 0.25) is 5.88 Å². The van der Waals surface area contributed by atoms with Gasteiger partial charge in [-0.2, -0.15) is 0 Å². The van der Waals surface area contributed by atoms with Gasteiger partial charge in [-0.1, -0.05) is 26.0 Å². The third kappa shape index (κ3) is 2.96. The average Bonchev–Trinajstić information content (AvgIpc) is 2.87. The number of pyridine rings is 1. The van der Waals surface area contributed by atoms with Gasteiger partial charge in [-0.05, 0) is 35.7 Å². The van der Waals surface area contributed by atoms with Crippen molar-refractivity contribution < 1.29 is 9.90 Å². The van der Waals surface area contributed by atoms with E-state index in [2.05, 4.69) is 34.0 Å². The highest BCUT2D eigenvalue weighted by Crippen LogP contribution is 2.37. The fraction of sp³-hybridized carbons (Fsp3) is 0.176. The fourth-order valence-corrected chi connectivity index (χ4v) is 2.28. The molecule has 0 aliphatic carbocycles. The number of fused-ring (bicyclic) bond motifs is 1. The summed E-state index contributed by atoms with van der Waals surface area (Å²) in [5.74, 6) is -0.325. The number of nitrogens with zero attached hydrogens (tertiary/aromatic N) is 3. The van der Waals surface area contributed by atoms with E-state index < -0.39 is 5.91 Å². The van der Waals surface area contributed by atoms with Crippen LogP contribution < -0.4 is 0 Å². The molecule has 2 aromatic heterocycles. The number of amides is 1. The van der Waals surface area contributed by atoms with Crippen molar-refractivity contribution in [3.63, 3.8) is 0 Å². The molecule has 0 aliphatic rings. The third-order valence-electron chi connectivity index (χ3n) is 3.57. The number of hydrogen-bond acceptors (Lipinski definition) is 4. The standard InChI is InChI=1S/C17H16N4O2/c1-10(2)11-6-7-13-12(9-11)15(17(23)19-13)20-21-16(22)14-5-3-4-8-18-14/h3-10,19,23H,1-2H3. The zero-order chi connectivity index (χ0) is 16.4. The van der Waals surface area contributed by atoms with Gasteiger partial charge in [0.15, 0.2) is 5.69 Å². The lowest BCUT2D eigenvalue weighted by Crippen LogP contribution is -1.96. The molecule has 0 unspecified atom stereocenters. The summed E-state index contributed by atoms with van der Waals surface area (Å²) in [7, 11) is 0. The van der Waals surface area contributed by atoms with Crippen molar-refractivity contribution in [3.05, 3.63) is 53.9 Å². The minimum absolute atomic E-state index is 0.113. The first kappa shape index (κ1) is 14.9. The number of nitrogens with one attached hydrogen (secondary N) is 1. The summed E-state index contributed by atoms with van der Waals surface area (Å²) in [5, 5.41) is 18.3. The molecule has 3 aromatic rings. The van der Waals surface area contributed by atoms with Crippen LogP contribution in [0.5, 0.6) is 5.88 Å². The second-order valence-corrected chi connectivity index (χ2v) is 5.50. The SMILES string of the molecule is CC(C)c1ccc2[nH]c(O)c(N=NC(=O)c3ccccn3)c2c1. The Morgan fingerprint density at radius 3 is 2.78 bits per heavy atom. The van der Waals surface area contributed by atoms with Gasteiger partial charge in [0.05, 0.1) is 5.52 Å². The fourth-order valence-electron chi connectivity index (χ4n) is 2.28. The van der Waals surface area contributed by atoms with E-state index in [0.29, 0.717) is 5.92 Å². The highest BCUT2D eigenvalue weighted by Gasteiger charge is 2.13. The van der Waals surface area contributed by atoms with Gasteiger partial charge < -0.3 is 10.1 Å². The molecule has 0 bridgehead atoms. The molecule has 0 radical (unpaired) electrons. The Labute approximate surface area is 132 Å². The number of carbonyl (C=O) groups is 1. The molecule has 23 heavy (non-hydrogen) atoms. The lowest BCUT2D eigenvalue weighted by Gasteiger charge is -2.04. The van der Waals surface area contributed by atoms with Crippen LogP contribution in [0.1, 0.15) is 35.8 Å². The number of carbonyl (C=O) groups excluding carboxylic acids is 1. The first-order chi connectivity index (χ1) is 11.1. The highest BCUT2D eigenvalue weighted by atomic mass is 16.3. The van der Waals surface area contributed by atoms with Crippen LogP contribution in [-0.4, -0.2) is 21.0 Å². The number of H-pyrrole nitrogens is 1. The Hall–Kier alpha value is -3.02. The number of aromatic amines is 1. The van der Waals surface area contributed by atoms with E-state index in [1.54, 1.807) is 18.2 Å². The molecule has 2 heterocycles. The van der Waals surface area contributed by atoms with Crippen molar-refractivity contribution in [1.29, 1.82) is 0 Å². The lowest BCUT2D eigenvalue weighted by atomic mass is 10.0. The molecule has 0 spiro atoms. The Morgan fingerprint density at radius 1 is 1.26 bits per heavy atom. The maximum absolute atomic E-state index is 11.9. The van der Waals surface area contributed by atoms with E-state index >= 15 is 0 Å². The van der Waals surface area contributed by atoms with Crippen LogP contribution in [0.15, 0.2) is 52.8 Å². The summed E-state index contributed by atoms with van der Waals surface area (Å²) in [5.41, 5.74) is 2.32. The molecule has 2 N–H and O–H groups in total. The van der Waals surface area contributed by atoms with Gasteiger partial charge in [-0.3, -0.25) is 9.78 Å². The predicted molar refractivity (Wildman–Crippen MR) is 87.1 cm³/mol. The molecule has 1 amide bonds. The largest absolute Gasteiger partial charge is 0.493 e. The molecule has 1 aromatic carbocycles. The number of rotatable bonds is 3. The minimum Gasteiger partial charge on any atom is -0.493 e. The highest BCUT2D eigenvalue weighted by molar-refractivity contribution is 5.96. The van der Waals surface area contributed by atoms with Gasteiger partial charge in [0.25, 0.3) is 0 Å². The van der Waals surface area contributed by atoms with Gasteiger partial charge in [-0.25, -0.2) is 0 Å². The van der Waals surface area contributed by atoms with E-state index in [0.717, 1.165) is 16.5 Å². The molecular formula is C17H16N4O2. The van der Waals surface area contributed by atoms with Crippen molar-refractivity contribution in [3.8, 4) is 5.88 Å². The number of aromatic nitrogens is 2. The number of hydrogen-bond donors (Lipinski definition) is 2. The zero-order valence-electron chi connectivity index (χ0n) is 12.8. The summed E-state index contributed by atoms with van der Waals surface area (Å²) in [4.78, 5) is 18.7. The Balaban J connectivity index is 1.99. The number of benzene rings is 1. The molecule has 0 saturated carbocycles. The summed E-state index contributed by atoms with van der Waals surface area (Å²) in [6.07, 6.45) is 1.51. The first-order valence-corrected chi connectivity index (χ1v) is 7.28. The number of aromatic hydroxyl groups is 1. The van der Waals surface area contributed by atoms with Crippen molar-refractivity contribution in [2.45, 2.75) is 19.8 Å². The van der Waals surface area contributed by atoms with Gasteiger partial charge in [-0.15, -0.1) is 10.2 Å². The van der Waals surface area contributed by atoms with Crippen molar-refractivity contribution in [2.75, 3.05) is 0 Å². The summed E-state index contributed by atoms with van der Waals surface area (Å²) >= 11 is 0. The lowest BCUT2D eigenvalue weighted by molar-refractivity contribution is 0.0990. The molecule has 116 valence electrons. The summed E-state index contributed by atoms with van der Waals surface area (Å²) in [6.45, 7) is 4.17. The van der Waals surface area contributed by atoms with Crippen LogP contribution in [0.3, 0.4) is 0 Å². The second-order valence-electron chi connectivity index (χ2n) is 5.50. The molecule has 0 fully saturated rings. The van der Waals surface area contributed by atoms with Crippen LogP contribution >= 0.6 is 0 Å². The van der Waals surface area contributed by atoms with E-state index in [1.165, 1.54) is 6.20 Å². The average molecular weight is 308 g/mol. The van der Waals surface area contributed by atoms with Crippen molar-refractivity contribution in [2.24, 2.45) is 10.2 Å². The first-order valence-electron chi connectivity index (χ1n) is 7.28. The van der Waals surface area contributed by atoms with E-state index in [-0.39, 0.29) is 17.3 Å². The monoisotopic (exact) mass is 308 g/mol. The number of azo groups is 1. The van der Waals surface area contributed by atoms with Gasteiger partial charge >= 0.3 is 5.91 Å². The van der Waals surface area contributed by atoms with E-state index in [1.807, 2.05) is 18.2 Å². The molecule has 6 nitrogen and oxygen atoms in total. The van der Waals surface area contributed by atoms with E-state index in [9.17, 15) is 9.90 Å². The van der Waals surface area contributed by atoms with Crippen molar-refractivity contribution in [1.82, 2.24) is 9.97 Å². The normalized spacial score (nSPS) is 11.6. The van der Waals surface area contributed by atoms with E-state index in [4.69, 9.17) is 0 Å². The molecule has 6 heteroatoms. The van der Waals surface area contributed by atoms with Crippen LogP contribution in [0.4, 0.5) is 5.69 Å². The zero-order valence-corrected chi connectivity index (χ0v) is 12.8. The van der Waals surface area contributed by atoms with Crippen LogP contribution in [0.2, 0.25) is 0 Å². The molecule has 0 saturated heterocycles. The predicted octanol–water partition coefficient (Wildman–Crippen LogP) is 4.32. The second kappa shape index (κ2) is 6.00. The maximum Gasteiger partial charge on any atom is 0.313 e. The summed E-state index contributed by atoms with van der Waals surface area (Å²) < 4.78 is 0. The van der Waals surface area contributed by atoms with Crippen LogP contribution in [-0.2, 0) is 0 Å². The Kier molecular flexibility index (Phi) is 3.89. The van der Waals surface area contributed by atoms with Crippen LogP contribution in [0.25, 0.3) is 10.9 Å². The van der Waals surface area contributed by atoms with Crippen LogP contribution in [0, 0.1) is 0 Å². The smallest absolute Gasteiger partial charge is 0.313 e. The molecular weight excluding hydrogens is 292 g/mol. The van der Waals surface area contributed by atoms with Gasteiger partial charge in [0.1, 0.15) is 5.69 Å². The third-order valence-corrected chi connectivity index (χ3v) is 3.57. The Bertz CT molecular complexity index is 882. The Morgan fingerprint density at radius 2 is 2.09 bits per heavy atom. The molecule has 0 aliphatic heterocycles. The van der Waals surface area contributed by atoms with Gasteiger partial charge in [0, 0.05) is 11.6 Å². The topological polar surface area (TPSA) is 90.7 Å². The quantitative estimate of drug-likeness (QED) is 0.706. The molecule has 0 atom stereocenters. The summed E-state index contributed by atoms with van der Waals surface area (Å²) in [6, 6.07) is 10.8. The van der Waals surface area contributed by atoms with Crippen molar-refractivity contribution >= 4 is 22.5 Å². The molecule has 3 rings (SSSR count). The minimum atomic E-state index is -0.556. The maximum atomic E-state index is 11.9.